The molecule has 0 spiro atoms. The zero-order valence-corrected chi connectivity index (χ0v) is 14.7. The Morgan fingerprint density at radius 2 is 1.71 bits per heavy atom. The van der Waals surface area contributed by atoms with Crippen LogP contribution in [0.4, 0.5) is 5.95 Å². The van der Waals surface area contributed by atoms with E-state index in [4.69, 9.17) is 4.74 Å². The zero-order chi connectivity index (χ0) is 17.4. The first-order valence-corrected chi connectivity index (χ1v) is 8.04. The number of piperazine rings is 1. The van der Waals surface area contributed by atoms with Crippen molar-refractivity contribution >= 4 is 17.1 Å². The molecule has 1 aliphatic heterocycles. The maximum absolute atomic E-state index is 12.7. The molecule has 1 fully saturated rings. The molecule has 132 valence electrons. The Kier molecular flexibility index (Phi) is 4.46. The number of nitrogens with zero attached hydrogens (tertiary/aromatic N) is 6. The summed E-state index contributed by atoms with van der Waals surface area (Å²) in [6.45, 7) is 4.53. The first-order chi connectivity index (χ1) is 11.5. The van der Waals surface area contributed by atoms with Crippen molar-refractivity contribution < 1.29 is 4.74 Å². The normalized spacial score (nSPS) is 16.2. The van der Waals surface area contributed by atoms with Crippen molar-refractivity contribution in [3.63, 3.8) is 0 Å². The number of methoxy groups -OCH3 is 1. The second kappa shape index (κ2) is 6.40. The molecule has 1 aliphatic rings. The van der Waals surface area contributed by atoms with Gasteiger partial charge in [-0.05, 0) is 7.05 Å². The highest BCUT2D eigenvalue weighted by Gasteiger charge is 2.24. The average molecular weight is 336 g/mol. The van der Waals surface area contributed by atoms with E-state index in [1.54, 1.807) is 14.2 Å². The third-order valence-electron chi connectivity index (χ3n) is 4.63. The smallest absolute Gasteiger partial charge is 0.332 e. The minimum Gasteiger partial charge on any atom is -0.383 e. The zero-order valence-electron chi connectivity index (χ0n) is 14.7. The highest BCUT2D eigenvalue weighted by Crippen LogP contribution is 2.20. The quantitative estimate of drug-likeness (QED) is 0.700. The van der Waals surface area contributed by atoms with Crippen LogP contribution in [0.25, 0.3) is 11.2 Å². The molecule has 0 N–H and O–H groups in total. The van der Waals surface area contributed by atoms with Gasteiger partial charge in [-0.25, -0.2) is 4.79 Å². The van der Waals surface area contributed by atoms with Crippen LogP contribution < -0.4 is 16.1 Å². The molecular weight excluding hydrogens is 312 g/mol. The first kappa shape index (κ1) is 16.7. The van der Waals surface area contributed by atoms with E-state index in [2.05, 4.69) is 21.8 Å². The number of imidazole rings is 1. The highest BCUT2D eigenvalue weighted by atomic mass is 16.5. The first-order valence-electron chi connectivity index (χ1n) is 8.04. The molecular formula is C15H24N6O3. The molecule has 0 aromatic carbocycles. The van der Waals surface area contributed by atoms with Gasteiger partial charge in [-0.15, -0.1) is 0 Å². The Bertz CT molecular complexity index is 857. The largest absolute Gasteiger partial charge is 0.383 e. The summed E-state index contributed by atoms with van der Waals surface area (Å²) < 4.78 is 9.63. The SMILES string of the molecule is COCCn1c(N2CCN(C)CC2)nc2c1c(=O)n(C)c(=O)n2C. The molecule has 9 nitrogen and oxygen atoms in total. The molecule has 2 aromatic heterocycles. The number of rotatable bonds is 4. The summed E-state index contributed by atoms with van der Waals surface area (Å²) in [7, 11) is 6.85. The predicted octanol–water partition coefficient (Wildman–Crippen LogP) is -1.17. The Balaban J connectivity index is 2.21. The Hall–Kier alpha value is -2.13. The van der Waals surface area contributed by atoms with Crippen LogP contribution in [0, 0.1) is 0 Å². The van der Waals surface area contributed by atoms with Crippen LogP contribution in [0.15, 0.2) is 9.59 Å². The van der Waals surface area contributed by atoms with E-state index in [1.165, 1.54) is 11.6 Å². The van der Waals surface area contributed by atoms with Crippen LogP contribution in [0.5, 0.6) is 0 Å². The lowest BCUT2D eigenvalue weighted by atomic mass is 10.3. The minimum atomic E-state index is -0.367. The summed E-state index contributed by atoms with van der Waals surface area (Å²) in [6, 6.07) is 0. The van der Waals surface area contributed by atoms with Gasteiger partial charge >= 0.3 is 5.69 Å². The number of hydrogen-bond acceptors (Lipinski definition) is 6. The van der Waals surface area contributed by atoms with Gasteiger partial charge in [0.15, 0.2) is 11.2 Å². The molecule has 3 heterocycles. The number of ether oxygens (including phenoxy) is 1. The van der Waals surface area contributed by atoms with Crippen LogP contribution in [0.1, 0.15) is 0 Å². The fraction of sp³-hybridized carbons (Fsp3) is 0.667. The lowest BCUT2D eigenvalue weighted by molar-refractivity contribution is 0.188. The monoisotopic (exact) mass is 336 g/mol. The lowest BCUT2D eigenvalue weighted by Gasteiger charge is -2.33. The number of likely N-dealkylation sites (N-methyl/N-ethyl adjacent to an activating group) is 1. The molecule has 9 heteroatoms. The van der Waals surface area contributed by atoms with Crippen LogP contribution in [-0.4, -0.2) is 70.5 Å². The van der Waals surface area contributed by atoms with Crippen LogP contribution in [0.2, 0.25) is 0 Å². The van der Waals surface area contributed by atoms with Crippen molar-refractivity contribution in [2.75, 3.05) is 51.8 Å². The molecule has 0 bridgehead atoms. The molecule has 0 unspecified atom stereocenters. The summed E-state index contributed by atoms with van der Waals surface area (Å²) in [5.74, 6) is 0.730. The molecule has 0 radical (unpaired) electrons. The molecule has 2 aromatic rings. The number of anilines is 1. The summed E-state index contributed by atoms with van der Waals surface area (Å²) >= 11 is 0. The van der Waals surface area contributed by atoms with Crippen molar-refractivity contribution in [2.24, 2.45) is 14.1 Å². The predicted molar refractivity (Wildman–Crippen MR) is 91.8 cm³/mol. The van der Waals surface area contributed by atoms with Crippen LogP contribution in [0.3, 0.4) is 0 Å². The average Bonchev–Trinajstić information content (AvgIpc) is 2.96. The fourth-order valence-corrected chi connectivity index (χ4v) is 3.08. The second-order valence-electron chi connectivity index (χ2n) is 6.22. The van der Waals surface area contributed by atoms with Crippen molar-refractivity contribution in [3.8, 4) is 0 Å². The van der Waals surface area contributed by atoms with Gasteiger partial charge in [0, 0.05) is 53.9 Å². The summed E-state index contributed by atoms with van der Waals surface area (Å²) in [5, 5.41) is 0. The van der Waals surface area contributed by atoms with Crippen molar-refractivity contribution in [3.05, 3.63) is 20.8 Å². The van der Waals surface area contributed by atoms with E-state index in [9.17, 15) is 9.59 Å². The Morgan fingerprint density at radius 1 is 1.04 bits per heavy atom. The molecule has 24 heavy (non-hydrogen) atoms. The molecule has 0 amide bonds. The lowest BCUT2D eigenvalue weighted by Crippen LogP contribution is -2.45. The van der Waals surface area contributed by atoms with Crippen LogP contribution in [-0.2, 0) is 25.4 Å². The fourth-order valence-electron chi connectivity index (χ4n) is 3.08. The van der Waals surface area contributed by atoms with E-state index in [-0.39, 0.29) is 11.2 Å². The van der Waals surface area contributed by atoms with E-state index >= 15 is 0 Å². The maximum atomic E-state index is 12.7. The van der Waals surface area contributed by atoms with E-state index in [0.717, 1.165) is 36.7 Å². The number of hydrogen-bond donors (Lipinski definition) is 0. The third-order valence-corrected chi connectivity index (χ3v) is 4.63. The number of aromatic nitrogens is 4. The van der Waals surface area contributed by atoms with E-state index in [0.29, 0.717) is 24.3 Å². The summed E-state index contributed by atoms with van der Waals surface area (Å²) in [4.78, 5) is 33.9. The summed E-state index contributed by atoms with van der Waals surface area (Å²) in [6.07, 6.45) is 0. The standard InChI is InChI=1S/C15H24N6O3/c1-17-5-7-20(8-6-17)14-16-12-11(21(14)9-10-24-4)13(22)19(3)15(23)18(12)2/h5-10H2,1-4H3. The van der Waals surface area contributed by atoms with Gasteiger partial charge in [-0.2, -0.15) is 4.98 Å². The van der Waals surface area contributed by atoms with E-state index in [1.807, 2.05) is 4.57 Å². The van der Waals surface area contributed by atoms with Crippen molar-refractivity contribution in [1.29, 1.82) is 0 Å². The third kappa shape index (κ3) is 2.63. The Morgan fingerprint density at radius 3 is 2.33 bits per heavy atom. The molecule has 3 rings (SSSR count). The number of fused-ring (bicyclic) bond motifs is 1. The van der Waals surface area contributed by atoms with Gasteiger partial charge in [0.05, 0.1) is 6.61 Å². The maximum Gasteiger partial charge on any atom is 0.332 e. The van der Waals surface area contributed by atoms with Gasteiger partial charge in [0.25, 0.3) is 5.56 Å². The molecule has 0 atom stereocenters. The van der Waals surface area contributed by atoms with Gasteiger partial charge in [-0.3, -0.25) is 13.9 Å². The van der Waals surface area contributed by atoms with Gasteiger partial charge in [-0.1, -0.05) is 0 Å². The topological polar surface area (TPSA) is 77.5 Å². The number of aryl methyl sites for hydroxylation is 1. The summed E-state index contributed by atoms with van der Waals surface area (Å²) in [5.41, 5.74) is 0.185. The molecule has 0 saturated carbocycles. The van der Waals surface area contributed by atoms with E-state index < -0.39 is 0 Å². The minimum absolute atomic E-state index is 0.322. The highest BCUT2D eigenvalue weighted by molar-refractivity contribution is 5.74. The van der Waals surface area contributed by atoms with Gasteiger partial charge in [0.2, 0.25) is 5.95 Å². The van der Waals surface area contributed by atoms with Crippen molar-refractivity contribution in [2.45, 2.75) is 6.54 Å². The second-order valence-corrected chi connectivity index (χ2v) is 6.22. The van der Waals surface area contributed by atoms with Crippen molar-refractivity contribution in [1.82, 2.24) is 23.6 Å². The van der Waals surface area contributed by atoms with Crippen LogP contribution >= 0.6 is 0 Å². The molecule has 0 aliphatic carbocycles. The van der Waals surface area contributed by atoms with Gasteiger partial charge < -0.3 is 19.1 Å². The molecule has 1 saturated heterocycles. The van der Waals surface area contributed by atoms with Gasteiger partial charge in [0.1, 0.15) is 0 Å². The Labute approximate surface area is 139 Å².